The molecule has 0 radical (unpaired) electrons. The zero-order chi connectivity index (χ0) is 12.3. The van der Waals surface area contributed by atoms with Crippen molar-refractivity contribution in [2.24, 2.45) is 0 Å². The quantitative estimate of drug-likeness (QED) is 0.859. The maximum atomic E-state index is 4.37. The van der Waals surface area contributed by atoms with Crippen LogP contribution in [-0.4, -0.2) is 25.9 Å². The molecule has 0 unspecified atom stereocenters. The predicted molar refractivity (Wildman–Crippen MR) is 69.7 cm³/mol. The molecule has 0 atom stereocenters. The fourth-order valence-electron chi connectivity index (χ4n) is 1.27. The van der Waals surface area contributed by atoms with Crippen LogP contribution in [0.15, 0.2) is 15.4 Å². The van der Waals surface area contributed by atoms with Crippen LogP contribution in [0.5, 0.6) is 0 Å². The lowest BCUT2D eigenvalue weighted by Gasteiger charge is -2.05. The molecular weight excluding hydrogens is 254 g/mol. The Labute approximate surface area is 108 Å². The van der Waals surface area contributed by atoms with E-state index in [2.05, 4.69) is 24.6 Å². The highest BCUT2D eigenvalue weighted by Crippen LogP contribution is 2.28. The third-order valence-corrected chi connectivity index (χ3v) is 3.63. The number of nitrogens with zero attached hydrogens (tertiary/aromatic N) is 4. The van der Waals surface area contributed by atoms with E-state index in [0.717, 1.165) is 33.4 Å². The minimum absolute atomic E-state index is 0.757. The Morgan fingerprint density at radius 2 is 2.06 bits per heavy atom. The summed E-state index contributed by atoms with van der Waals surface area (Å²) in [5, 5.41) is 4.08. The van der Waals surface area contributed by atoms with Gasteiger partial charge >= 0.3 is 0 Å². The van der Waals surface area contributed by atoms with Crippen molar-refractivity contribution in [3.05, 3.63) is 17.7 Å². The highest BCUT2D eigenvalue weighted by Gasteiger charge is 2.07. The number of hydrogen-bond acceptors (Lipinski definition) is 7. The van der Waals surface area contributed by atoms with Gasteiger partial charge < -0.3 is 5.32 Å². The van der Waals surface area contributed by atoms with Crippen molar-refractivity contribution in [2.75, 3.05) is 11.9 Å². The van der Waals surface area contributed by atoms with Gasteiger partial charge in [0.2, 0.25) is 0 Å². The summed E-state index contributed by atoms with van der Waals surface area (Å²) in [5.41, 5.74) is 0. The summed E-state index contributed by atoms with van der Waals surface area (Å²) >= 11 is 2.91. The molecule has 1 N–H and O–H groups in total. The van der Waals surface area contributed by atoms with Gasteiger partial charge in [0.1, 0.15) is 22.5 Å². The molecule has 0 aliphatic heterocycles. The minimum atomic E-state index is 0.757. The van der Waals surface area contributed by atoms with Gasteiger partial charge in [-0.3, -0.25) is 0 Å². The summed E-state index contributed by atoms with van der Waals surface area (Å²) in [6, 6.07) is 1.93. The maximum absolute atomic E-state index is 4.37. The lowest BCUT2D eigenvalue weighted by molar-refractivity contribution is 0.959. The first-order valence-electron chi connectivity index (χ1n) is 5.25. The second-order valence-corrected chi connectivity index (χ2v) is 5.40. The number of rotatable bonds is 4. The van der Waals surface area contributed by atoms with Crippen molar-refractivity contribution >= 4 is 29.1 Å². The van der Waals surface area contributed by atoms with E-state index in [0.29, 0.717) is 0 Å². The molecule has 0 bridgehead atoms. The fourth-order valence-corrected chi connectivity index (χ4v) is 2.92. The van der Waals surface area contributed by atoms with E-state index < -0.39 is 0 Å². The summed E-state index contributed by atoms with van der Waals surface area (Å²) < 4.78 is 5.05. The molecule has 7 heteroatoms. The molecule has 2 heterocycles. The first-order valence-corrected chi connectivity index (χ1v) is 6.84. The SMILES string of the molecule is CCNc1cc(Sc2nc(C)ns2)nc(C)n1. The minimum Gasteiger partial charge on any atom is -0.370 e. The zero-order valence-electron chi connectivity index (χ0n) is 9.89. The molecule has 0 saturated heterocycles. The largest absolute Gasteiger partial charge is 0.370 e. The first-order chi connectivity index (χ1) is 8.17. The van der Waals surface area contributed by atoms with Crippen molar-refractivity contribution in [3.63, 3.8) is 0 Å². The van der Waals surface area contributed by atoms with Gasteiger partial charge in [-0.05, 0) is 44.1 Å². The second kappa shape index (κ2) is 5.42. The number of anilines is 1. The lowest BCUT2D eigenvalue weighted by atomic mass is 10.5. The molecular formula is C10H13N5S2. The monoisotopic (exact) mass is 267 g/mol. The molecule has 2 aromatic heterocycles. The van der Waals surface area contributed by atoms with E-state index in [1.54, 1.807) is 0 Å². The van der Waals surface area contributed by atoms with Crippen LogP contribution in [0.2, 0.25) is 0 Å². The van der Waals surface area contributed by atoms with Gasteiger partial charge in [0.15, 0.2) is 4.34 Å². The van der Waals surface area contributed by atoms with Gasteiger partial charge in [-0.1, -0.05) is 0 Å². The zero-order valence-corrected chi connectivity index (χ0v) is 11.5. The Morgan fingerprint density at radius 1 is 1.24 bits per heavy atom. The number of aryl methyl sites for hydroxylation is 2. The van der Waals surface area contributed by atoms with E-state index in [1.165, 1.54) is 23.3 Å². The van der Waals surface area contributed by atoms with Crippen LogP contribution in [0.3, 0.4) is 0 Å². The van der Waals surface area contributed by atoms with Gasteiger partial charge in [0.25, 0.3) is 0 Å². The number of nitrogens with one attached hydrogen (secondary N) is 1. The molecule has 0 aromatic carbocycles. The summed E-state index contributed by atoms with van der Waals surface area (Å²) in [4.78, 5) is 13.0. The lowest BCUT2D eigenvalue weighted by Crippen LogP contribution is -2.02. The molecule has 90 valence electrons. The summed E-state index contributed by atoms with van der Waals surface area (Å²) in [6.07, 6.45) is 0. The van der Waals surface area contributed by atoms with Crippen molar-refractivity contribution in [1.29, 1.82) is 0 Å². The normalized spacial score (nSPS) is 10.5. The Balaban J connectivity index is 2.20. The van der Waals surface area contributed by atoms with Crippen LogP contribution in [-0.2, 0) is 0 Å². The third-order valence-electron chi connectivity index (χ3n) is 1.87. The molecule has 2 rings (SSSR count). The standard InChI is InChI=1S/C10H13N5S2/c1-4-11-8-5-9(13-6(2)12-8)16-10-14-7(3)15-17-10/h5H,4H2,1-3H3,(H,11,12,13). The first kappa shape index (κ1) is 12.3. The van der Waals surface area contributed by atoms with Gasteiger partial charge in [0, 0.05) is 12.6 Å². The Kier molecular flexibility index (Phi) is 3.90. The summed E-state index contributed by atoms with van der Waals surface area (Å²) in [7, 11) is 0. The van der Waals surface area contributed by atoms with E-state index in [-0.39, 0.29) is 0 Å². The topological polar surface area (TPSA) is 63.6 Å². The molecule has 0 spiro atoms. The highest BCUT2D eigenvalue weighted by atomic mass is 32.2. The molecule has 2 aromatic rings. The average molecular weight is 267 g/mol. The predicted octanol–water partition coefficient (Wildman–Crippen LogP) is 2.53. The Hall–Kier alpha value is -1.21. The molecule has 17 heavy (non-hydrogen) atoms. The van der Waals surface area contributed by atoms with Crippen LogP contribution in [0, 0.1) is 13.8 Å². The maximum Gasteiger partial charge on any atom is 0.176 e. The molecule has 0 saturated carbocycles. The molecule has 5 nitrogen and oxygen atoms in total. The van der Waals surface area contributed by atoms with Crippen LogP contribution in [0.1, 0.15) is 18.6 Å². The van der Waals surface area contributed by atoms with E-state index in [4.69, 9.17) is 0 Å². The van der Waals surface area contributed by atoms with E-state index >= 15 is 0 Å². The molecule has 0 aliphatic rings. The molecule has 0 fully saturated rings. The Bertz CT molecular complexity index is 511. The van der Waals surface area contributed by atoms with Crippen molar-refractivity contribution < 1.29 is 0 Å². The smallest absolute Gasteiger partial charge is 0.176 e. The van der Waals surface area contributed by atoms with Gasteiger partial charge in [-0.15, -0.1) is 0 Å². The van der Waals surface area contributed by atoms with Crippen LogP contribution >= 0.6 is 23.3 Å². The molecule has 0 amide bonds. The Morgan fingerprint density at radius 3 is 2.71 bits per heavy atom. The summed E-state index contributed by atoms with van der Waals surface area (Å²) in [5.74, 6) is 2.41. The van der Waals surface area contributed by atoms with E-state index in [1.807, 2.05) is 26.8 Å². The third kappa shape index (κ3) is 3.37. The van der Waals surface area contributed by atoms with Gasteiger partial charge in [0.05, 0.1) is 0 Å². The highest BCUT2D eigenvalue weighted by molar-refractivity contribution is 8.00. The molecule has 0 aliphatic carbocycles. The fraction of sp³-hybridized carbons (Fsp3) is 0.400. The van der Waals surface area contributed by atoms with Crippen molar-refractivity contribution in [1.82, 2.24) is 19.3 Å². The van der Waals surface area contributed by atoms with Gasteiger partial charge in [-0.2, -0.15) is 4.37 Å². The van der Waals surface area contributed by atoms with Crippen LogP contribution in [0.4, 0.5) is 5.82 Å². The average Bonchev–Trinajstić information content (AvgIpc) is 2.63. The van der Waals surface area contributed by atoms with Gasteiger partial charge in [-0.25, -0.2) is 15.0 Å². The number of aromatic nitrogens is 4. The van der Waals surface area contributed by atoms with Crippen molar-refractivity contribution in [3.8, 4) is 0 Å². The number of hydrogen-bond donors (Lipinski definition) is 1. The van der Waals surface area contributed by atoms with Crippen molar-refractivity contribution in [2.45, 2.75) is 30.1 Å². The van der Waals surface area contributed by atoms with Crippen LogP contribution in [0.25, 0.3) is 0 Å². The summed E-state index contributed by atoms with van der Waals surface area (Å²) in [6.45, 7) is 6.66. The second-order valence-electron chi connectivity index (χ2n) is 3.38. The van der Waals surface area contributed by atoms with E-state index in [9.17, 15) is 0 Å². The van der Waals surface area contributed by atoms with Crippen LogP contribution < -0.4 is 5.32 Å².